The van der Waals surface area contributed by atoms with Gasteiger partial charge in [-0.1, -0.05) is 91.5 Å². The molecule has 214 valence electrons. The maximum Gasteiger partial charge on any atom is 0.327 e. The number of hydrogen-bond acceptors (Lipinski definition) is 4. The van der Waals surface area contributed by atoms with Gasteiger partial charge in [0.05, 0.1) is 10.6 Å². The average molecular weight is 614 g/mol. The normalized spacial score (nSPS) is 12.2. The molecule has 1 amide bonds. The highest BCUT2D eigenvalue weighted by atomic mass is 35.5. The number of benzene rings is 4. The summed E-state index contributed by atoms with van der Waals surface area (Å²) in [5.74, 6) is -1.54. The Balaban J connectivity index is 1.73. The van der Waals surface area contributed by atoms with Crippen molar-refractivity contribution < 1.29 is 23.1 Å². The van der Waals surface area contributed by atoms with Crippen LogP contribution < -0.4 is 9.62 Å². The van der Waals surface area contributed by atoms with Crippen molar-refractivity contribution in [3.8, 4) is 0 Å². The quantitative estimate of drug-likeness (QED) is 0.180. The molecule has 2 N–H and O–H groups in total. The van der Waals surface area contributed by atoms with E-state index in [9.17, 15) is 23.1 Å². The Morgan fingerprint density at radius 2 is 1.63 bits per heavy atom. The maximum absolute atomic E-state index is 14.0. The predicted octanol–water partition coefficient (Wildman–Crippen LogP) is 6.96. The predicted molar refractivity (Wildman–Crippen MR) is 164 cm³/mol. The minimum atomic E-state index is -4.40. The lowest BCUT2D eigenvalue weighted by molar-refractivity contribution is -0.138. The van der Waals surface area contributed by atoms with Gasteiger partial charge in [0, 0.05) is 22.2 Å². The minimum absolute atomic E-state index is 0.0985. The Labute approximate surface area is 249 Å². The molecule has 4 aromatic rings. The van der Waals surface area contributed by atoms with E-state index in [4.69, 9.17) is 23.2 Å². The van der Waals surface area contributed by atoms with E-state index in [2.05, 4.69) is 5.32 Å². The first-order valence-electron chi connectivity index (χ1n) is 13.2. The van der Waals surface area contributed by atoms with Crippen molar-refractivity contribution in [1.29, 1.82) is 0 Å². The molecule has 0 fully saturated rings. The molecule has 0 heterocycles. The molecule has 0 bridgehead atoms. The number of carboxylic acid groups (broad SMARTS) is 1. The van der Waals surface area contributed by atoms with Crippen molar-refractivity contribution in [2.75, 3.05) is 10.8 Å². The Kier molecular flexibility index (Phi) is 9.91. The van der Waals surface area contributed by atoms with E-state index in [1.54, 1.807) is 30.3 Å². The molecule has 0 aromatic heterocycles. The molecule has 0 saturated carbocycles. The van der Waals surface area contributed by atoms with Gasteiger partial charge in [-0.15, -0.1) is 0 Å². The van der Waals surface area contributed by atoms with Crippen LogP contribution in [0.3, 0.4) is 0 Å². The number of halogens is 2. The molecular weight excluding hydrogens is 583 g/mol. The molecule has 4 rings (SSSR count). The number of aliphatic carboxylic acids is 1. The molecule has 1 unspecified atom stereocenters. The molecule has 4 aromatic carbocycles. The van der Waals surface area contributed by atoms with Crippen molar-refractivity contribution in [1.82, 2.24) is 5.32 Å². The highest BCUT2D eigenvalue weighted by Gasteiger charge is 2.36. The summed E-state index contributed by atoms with van der Waals surface area (Å²) in [4.78, 5) is 25.3. The van der Waals surface area contributed by atoms with Gasteiger partial charge in [-0.2, -0.15) is 0 Å². The number of sulfonamides is 1. The number of carboxylic acids is 1. The van der Waals surface area contributed by atoms with Crippen LogP contribution in [0, 0.1) is 0 Å². The fourth-order valence-corrected chi connectivity index (χ4v) is 7.04. The molecular formula is C31H30Cl2N2O5S. The first-order chi connectivity index (χ1) is 19.6. The van der Waals surface area contributed by atoms with Crippen molar-refractivity contribution in [3.05, 3.63) is 106 Å². The third-order valence-electron chi connectivity index (χ3n) is 6.70. The van der Waals surface area contributed by atoms with E-state index in [-0.39, 0.29) is 33.0 Å². The molecule has 0 aliphatic rings. The first-order valence-corrected chi connectivity index (χ1v) is 15.4. The maximum atomic E-state index is 14.0. The molecule has 10 heteroatoms. The van der Waals surface area contributed by atoms with Gasteiger partial charge in [0.2, 0.25) is 0 Å². The molecule has 0 aliphatic carbocycles. The zero-order valence-electron chi connectivity index (χ0n) is 22.4. The SMILES string of the molecule is CCCCC(C(=O)O)N(c1ccc2c(C(=O)NCCc3ccccc3)cccc2c1)S(=O)(=O)c1cc(Cl)cc(Cl)c1. The number of carbonyl (C=O) groups is 2. The number of rotatable bonds is 12. The van der Waals surface area contributed by atoms with E-state index < -0.39 is 22.0 Å². The van der Waals surface area contributed by atoms with Gasteiger partial charge in [-0.25, -0.2) is 13.2 Å². The lowest BCUT2D eigenvalue weighted by atomic mass is 10.0. The van der Waals surface area contributed by atoms with Crippen LogP contribution in [0.5, 0.6) is 0 Å². The summed E-state index contributed by atoms with van der Waals surface area (Å²) in [6.45, 7) is 2.35. The monoisotopic (exact) mass is 612 g/mol. The Morgan fingerprint density at radius 1 is 0.927 bits per heavy atom. The number of unbranched alkanes of at least 4 members (excludes halogenated alkanes) is 1. The van der Waals surface area contributed by atoms with Gasteiger partial charge in [0.15, 0.2) is 0 Å². The van der Waals surface area contributed by atoms with Gasteiger partial charge >= 0.3 is 5.97 Å². The first kappa shape index (κ1) is 30.4. The Hall–Kier alpha value is -3.59. The highest BCUT2D eigenvalue weighted by molar-refractivity contribution is 7.93. The molecule has 0 spiro atoms. The molecule has 41 heavy (non-hydrogen) atoms. The third-order valence-corrected chi connectivity index (χ3v) is 8.95. The number of carbonyl (C=O) groups excluding carboxylic acids is 1. The van der Waals surface area contributed by atoms with Crippen molar-refractivity contribution in [2.45, 2.75) is 43.5 Å². The standard InChI is InChI=1S/C31H30Cl2N2O5S/c1-2-3-12-29(31(37)38)35(41(39,40)26-19-23(32)18-24(33)20-26)25-13-14-27-22(17-25)10-7-11-28(27)30(36)34-16-15-21-8-5-4-6-9-21/h4-11,13-14,17-20,29H,2-3,12,15-16H2,1H3,(H,34,36)(H,37,38). The van der Waals surface area contributed by atoms with Crippen LogP contribution in [-0.2, 0) is 21.2 Å². The van der Waals surface area contributed by atoms with Crippen LogP contribution in [0.1, 0.15) is 42.1 Å². The zero-order chi connectivity index (χ0) is 29.6. The Bertz CT molecular complexity index is 1640. The fourth-order valence-electron chi connectivity index (χ4n) is 4.68. The van der Waals surface area contributed by atoms with Crippen LogP contribution >= 0.6 is 23.2 Å². The number of nitrogens with one attached hydrogen (secondary N) is 1. The lowest BCUT2D eigenvalue weighted by Crippen LogP contribution is -2.45. The largest absolute Gasteiger partial charge is 0.480 e. The second-order valence-corrected chi connectivity index (χ2v) is 12.3. The number of amides is 1. The number of hydrogen-bond donors (Lipinski definition) is 2. The smallest absolute Gasteiger partial charge is 0.327 e. The van der Waals surface area contributed by atoms with E-state index >= 15 is 0 Å². The highest BCUT2D eigenvalue weighted by Crippen LogP contribution is 2.34. The third kappa shape index (κ3) is 7.19. The second-order valence-electron chi connectivity index (χ2n) is 9.60. The van der Waals surface area contributed by atoms with E-state index in [0.29, 0.717) is 42.1 Å². The Morgan fingerprint density at radius 3 is 2.29 bits per heavy atom. The summed E-state index contributed by atoms with van der Waals surface area (Å²) < 4.78 is 28.9. The van der Waals surface area contributed by atoms with Gasteiger partial charge in [-0.3, -0.25) is 9.10 Å². The molecule has 0 aliphatic heterocycles. The van der Waals surface area contributed by atoms with Crippen LogP contribution in [-0.4, -0.2) is 38.0 Å². The van der Waals surface area contributed by atoms with Gasteiger partial charge in [0.25, 0.3) is 15.9 Å². The fraction of sp³-hybridized carbons (Fsp3) is 0.226. The topological polar surface area (TPSA) is 104 Å². The summed E-state index contributed by atoms with van der Waals surface area (Å²) in [6.07, 6.45) is 1.96. The molecule has 0 saturated heterocycles. The summed E-state index contributed by atoms with van der Waals surface area (Å²) in [5.41, 5.74) is 1.69. The summed E-state index contributed by atoms with van der Waals surface area (Å²) in [5, 5.41) is 14.5. The van der Waals surface area contributed by atoms with E-state index in [1.807, 2.05) is 37.3 Å². The van der Waals surface area contributed by atoms with Crippen molar-refractivity contribution >= 4 is 61.6 Å². The van der Waals surface area contributed by atoms with Gasteiger partial charge in [0.1, 0.15) is 6.04 Å². The van der Waals surface area contributed by atoms with Crippen molar-refractivity contribution in [3.63, 3.8) is 0 Å². The van der Waals surface area contributed by atoms with Crippen LogP contribution in [0.25, 0.3) is 10.8 Å². The molecule has 7 nitrogen and oxygen atoms in total. The summed E-state index contributed by atoms with van der Waals surface area (Å²) in [6, 6.07) is 22.2. The zero-order valence-corrected chi connectivity index (χ0v) is 24.7. The molecule has 0 radical (unpaired) electrons. The molecule has 1 atom stereocenters. The van der Waals surface area contributed by atoms with E-state index in [0.717, 1.165) is 9.87 Å². The second kappa shape index (κ2) is 13.4. The van der Waals surface area contributed by atoms with Crippen LogP contribution in [0.15, 0.2) is 89.8 Å². The van der Waals surface area contributed by atoms with Gasteiger partial charge in [-0.05, 0) is 65.6 Å². The number of anilines is 1. The lowest BCUT2D eigenvalue weighted by Gasteiger charge is -2.30. The van der Waals surface area contributed by atoms with E-state index in [1.165, 1.54) is 24.3 Å². The number of nitrogens with zero attached hydrogens (tertiary/aromatic N) is 1. The summed E-state index contributed by atoms with van der Waals surface area (Å²) in [7, 11) is -4.40. The van der Waals surface area contributed by atoms with Crippen LogP contribution in [0.2, 0.25) is 10.0 Å². The minimum Gasteiger partial charge on any atom is -0.480 e. The average Bonchev–Trinajstić information content (AvgIpc) is 2.94. The van der Waals surface area contributed by atoms with Gasteiger partial charge < -0.3 is 10.4 Å². The number of fused-ring (bicyclic) bond motifs is 1. The van der Waals surface area contributed by atoms with Crippen molar-refractivity contribution in [2.24, 2.45) is 0 Å². The van der Waals surface area contributed by atoms with Crippen LogP contribution in [0.4, 0.5) is 5.69 Å². The summed E-state index contributed by atoms with van der Waals surface area (Å²) >= 11 is 12.2.